The highest BCUT2D eigenvalue weighted by Crippen LogP contribution is 2.13. The van der Waals surface area contributed by atoms with Crippen LogP contribution in [0.1, 0.15) is 16.8 Å². The lowest BCUT2D eigenvalue weighted by Gasteiger charge is -2.20. The fraction of sp³-hybridized carbons (Fsp3) is 0.200. The van der Waals surface area contributed by atoms with Gasteiger partial charge in [0, 0.05) is 23.5 Å². The zero-order valence-electron chi connectivity index (χ0n) is 12.5. The number of carbonyl (C=O) groups excluding carboxylic acids is 2. The second-order valence-electron chi connectivity index (χ2n) is 5.03. The number of amides is 1. The number of sulfonamides is 1. The average molecular weight is 335 g/mol. The fourth-order valence-corrected chi connectivity index (χ4v) is 2.24. The second kappa shape index (κ2) is 7.21. The van der Waals surface area contributed by atoms with Crippen LogP contribution in [-0.4, -0.2) is 37.8 Å². The zero-order valence-corrected chi connectivity index (χ0v) is 13.3. The van der Waals surface area contributed by atoms with Crippen LogP contribution in [0.4, 0.5) is 0 Å². The number of carbonyl (C=O) groups is 2. The van der Waals surface area contributed by atoms with Gasteiger partial charge in [0.2, 0.25) is 10.0 Å². The van der Waals surface area contributed by atoms with Gasteiger partial charge >= 0.3 is 0 Å². The van der Waals surface area contributed by atoms with E-state index in [0.29, 0.717) is 17.6 Å². The molecule has 0 saturated carbocycles. The summed E-state index contributed by atoms with van der Waals surface area (Å²) in [6.07, 6.45) is 6.26. The monoisotopic (exact) mass is 335 g/mol. The molecule has 1 amide bonds. The van der Waals surface area contributed by atoms with Gasteiger partial charge in [-0.1, -0.05) is 36.4 Å². The van der Waals surface area contributed by atoms with E-state index < -0.39 is 15.9 Å². The van der Waals surface area contributed by atoms with Gasteiger partial charge in [0.15, 0.2) is 5.78 Å². The molecule has 0 atom stereocenters. The lowest BCUT2D eigenvalue weighted by Crippen LogP contribution is -2.42. The van der Waals surface area contributed by atoms with E-state index in [1.807, 2.05) is 10.9 Å². The minimum Gasteiger partial charge on any atom is -0.346 e. The van der Waals surface area contributed by atoms with E-state index >= 15 is 0 Å². The smallest absolute Gasteiger partial charge is 0.263 e. The maximum atomic E-state index is 12.1. The minimum atomic E-state index is -3.52. The molecule has 122 valence electrons. The number of hydrazine groups is 1. The highest BCUT2D eigenvalue weighted by Gasteiger charge is 2.16. The van der Waals surface area contributed by atoms with Crippen LogP contribution in [0.2, 0.25) is 0 Å². The van der Waals surface area contributed by atoms with Gasteiger partial charge < -0.3 is 4.90 Å². The molecule has 7 nitrogen and oxygen atoms in total. The summed E-state index contributed by atoms with van der Waals surface area (Å²) in [6.45, 7) is 0.0940. The minimum absolute atomic E-state index is 0.0811. The van der Waals surface area contributed by atoms with E-state index in [1.165, 1.54) is 6.20 Å². The third-order valence-corrected chi connectivity index (χ3v) is 3.49. The Morgan fingerprint density at radius 2 is 1.91 bits per heavy atom. The van der Waals surface area contributed by atoms with Crippen molar-refractivity contribution in [1.82, 2.24) is 15.2 Å². The number of Topliss-reactive ketones (excluding diaryl/α,β-unsaturated/α-hetero) is 1. The number of hydrogen-bond acceptors (Lipinski definition) is 5. The largest absolute Gasteiger partial charge is 0.346 e. The van der Waals surface area contributed by atoms with Gasteiger partial charge in [-0.2, -0.15) is 0 Å². The summed E-state index contributed by atoms with van der Waals surface area (Å²) in [4.78, 5) is 27.6. The predicted molar refractivity (Wildman–Crippen MR) is 85.4 cm³/mol. The Kier molecular flexibility index (Phi) is 5.30. The molecule has 0 spiro atoms. The molecule has 8 heteroatoms. The summed E-state index contributed by atoms with van der Waals surface area (Å²) in [7, 11) is -3.52. The Hall–Kier alpha value is -2.45. The Balaban J connectivity index is 1.99. The molecule has 0 fully saturated rings. The number of nitrogens with one attached hydrogen (secondary N) is 2. The summed E-state index contributed by atoms with van der Waals surface area (Å²) in [5, 5.41) is 0. The first kappa shape index (κ1) is 16.9. The predicted octanol–water partition coefficient (Wildman–Crippen LogP) is 0.553. The van der Waals surface area contributed by atoms with E-state index in [-0.39, 0.29) is 12.3 Å². The topological polar surface area (TPSA) is 95.6 Å². The maximum Gasteiger partial charge on any atom is 0.263 e. The van der Waals surface area contributed by atoms with Gasteiger partial charge in [0.1, 0.15) is 0 Å². The van der Waals surface area contributed by atoms with Crippen molar-refractivity contribution in [3.05, 3.63) is 59.9 Å². The summed E-state index contributed by atoms with van der Waals surface area (Å²) in [5.41, 5.74) is 3.05. The van der Waals surface area contributed by atoms with Gasteiger partial charge in [-0.15, -0.1) is 4.83 Å². The number of allylic oxidation sites excluding steroid dienone is 1. The van der Waals surface area contributed by atoms with Crippen molar-refractivity contribution in [2.75, 3.05) is 12.8 Å². The summed E-state index contributed by atoms with van der Waals surface area (Å²) in [5.74, 6) is -0.639. The van der Waals surface area contributed by atoms with Crippen molar-refractivity contribution in [2.45, 2.75) is 6.42 Å². The van der Waals surface area contributed by atoms with Crippen molar-refractivity contribution < 1.29 is 18.0 Å². The van der Waals surface area contributed by atoms with E-state index in [1.54, 1.807) is 41.4 Å². The molecule has 2 N–H and O–H groups in total. The Labute approximate surface area is 134 Å². The third-order valence-electron chi connectivity index (χ3n) is 3.02. The molecule has 1 aliphatic rings. The fourth-order valence-electron chi connectivity index (χ4n) is 1.96. The van der Waals surface area contributed by atoms with Crippen LogP contribution in [0.5, 0.6) is 0 Å². The molecule has 23 heavy (non-hydrogen) atoms. The first-order chi connectivity index (χ1) is 10.8. The molecule has 0 aromatic heterocycles. The van der Waals surface area contributed by atoms with Crippen molar-refractivity contribution >= 4 is 21.7 Å². The van der Waals surface area contributed by atoms with Gasteiger partial charge in [0.25, 0.3) is 5.91 Å². The van der Waals surface area contributed by atoms with Gasteiger partial charge in [0.05, 0.1) is 12.8 Å². The molecule has 1 aromatic carbocycles. The van der Waals surface area contributed by atoms with Crippen molar-refractivity contribution in [3.63, 3.8) is 0 Å². The summed E-state index contributed by atoms with van der Waals surface area (Å²) < 4.78 is 21.9. The van der Waals surface area contributed by atoms with Crippen molar-refractivity contribution in [3.8, 4) is 0 Å². The Bertz CT molecular complexity index is 754. The molecule has 0 aliphatic carbocycles. The lowest BCUT2D eigenvalue weighted by atomic mass is 10.1. The van der Waals surface area contributed by atoms with Crippen LogP contribution in [0, 0.1) is 0 Å². The third kappa shape index (κ3) is 5.35. The Morgan fingerprint density at radius 1 is 1.22 bits per heavy atom. The highest BCUT2D eigenvalue weighted by atomic mass is 32.2. The molecular weight excluding hydrogens is 318 g/mol. The Morgan fingerprint density at radius 3 is 2.57 bits per heavy atom. The van der Waals surface area contributed by atoms with Crippen molar-refractivity contribution in [2.24, 2.45) is 0 Å². The molecule has 1 aromatic rings. The van der Waals surface area contributed by atoms with Crippen molar-refractivity contribution in [1.29, 1.82) is 0 Å². The standard InChI is InChI=1S/C15H17N3O4S/c1-23(21,22)17-16-15(20)13-8-5-9-18(10-13)11-14(19)12-6-3-2-4-7-12/h2-7,9-10,17H,8,11H2,1H3,(H,16,20). The van der Waals surface area contributed by atoms with E-state index in [2.05, 4.69) is 5.43 Å². The molecule has 0 unspecified atom stereocenters. The molecule has 1 heterocycles. The van der Waals surface area contributed by atoms with E-state index in [4.69, 9.17) is 0 Å². The number of hydrogen-bond donors (Lipinski definition) is 2. The van der Waals surface area contributed by atoms with Gasteiger partial charge in [-0.3, -0.25) is 15.0 Å². The molecule has 0 saturated heterocycles. The summed E-state index contributed by atoms with van der Waals surface area (Å²) in [6, 6.07) is 8.84. The van der Waals surface area contributed by atoms with Crippen LogP contribution in [-0.2, 0) is 14.8 Å². The maximum absolute atomic E-state index is 12.1. The molecule has 2 rings (SSSR count). The summed E-state index contributed by atoms with van der Waals surface area (Å²) >= 11 is 0. The first-order valence-corrected chi connectivity index (χ1v) is 8.73. The molecule has 0 bridgehead atoms. The molecular formula is C15H17N3O4S. The van der Waals surface area contributed by atoms with Crippen LogP contribution in [0.15, 0.2) is 54.4 Å². The average Bonchev–Trinajstić information content (AvgIpc) is 2.53. The van der Waals surface area contributed by atoms with Crippen LogP contribution < -0.4 is 10.3 Å². The van der Waals surface area contributed by atoms with Crippen LogP contribution >= 0.6 is 0 Å². The van der Waals surface area contributed by atoms with E-state index in [0.717, 1.165) is 6.26 Å². The number of rotatable bonds is 6. The first-order valence-electron chi connectivity index (χ1n) is 6.83. The lowest BCUT2D eigenvalue weighted by molar-refractivity contribution is -0.118. The quantitative estimate of drug-likeness (QED) is 0.585. The molecule has 1 aliphatic heterocycles. The molecule has 0 radical (unpaired) electrons. The second-order valence-corrected chi connectivity index (χ2v) is 6.78. The van der Waals surface area contributed by atoms with Gasteiger partial charge in [-0.25, -0.2) is 8.42 Å². The van der Waals surface area contributed by atoms with Gasteiger partial charge in [-0.05, 0) is 6.42 Å². The zero-order chi connectivity index (χ0) is 16.9. The number of ketones is 1. The number of benzene rings is 1. The van der Waals surface area contributed by atoms with E-state index in [9.17, 15) is 18.0 Å². The highest BCUT2D eigenvalue weighted by molar-refractivity contribution is 7.88. The normalized spacial score (nSPS) is 14.3. The number of nitrogens with zero attached hydrogens (tertiary/aromatic N) is 1. The van der Waals surface area contributed by atoms with Crippen LogP contribution in [0.3, 0.4) is 0 Å². The van der Waals surface area contributed by atoms with Crippen LogP contribution in [0.25, 0.3) is 0 Å². The SMILES string of the molecule is CS(=O)(=O)NNC(=O)C1=CN(CC(=O)c2ccccc2)C=CC1.